The monoisotopic (exact) mass is 351 g/mol. The highest BCUT2D eigenvalue weighted by Gasteiger charge is 2.12. The molecule has 0 saturated carbocycles. The number of hydrogen-bond acceptors (Lipinski definition) is 6. The van der Waals surface area contributed by atoms with E-state index in [1.165, 1.54) is 0 Å². The van der Waals surface area contributed by atoms with Crippen LogP contribution in [0.25, 0.3) is 11.5 Å². The molecule has 0 radical (unpaired) electrons. The maximum absolute atomic E-state index is 11.8. The zero-order valence-electron chi connectivity index (χ0n) is 13.9. The first-order chi connectivity index (χ1) is 12.7. The maximum Gasteiger partial charge on any atom is 0.325 e. The Morgan fingerprint density at radius 3 is 2.38 bits per heavy atom. The van der Waals surface area contributed by atoms with Gasteiger partial charge in [0.2, 0.25) is 11.8 Å². The first-order valence-electron chi connectivity index (χ1n) is 8.05. The van der Waals surface area contributed by atoms with Gasteiger partial charge in [-0.25, -0.2) is 0 Å². The largest absolute Gasteiger partial charge is 0.454 e. The predicted octanol–water partition coefficient (Wildman–Crippen LogP) is 2.14. The summed E-state index contributed by atoms with van der Waals surface area (Å²) in [4.78, 5) is 23.5. The van der Waals surface area contributed by atoms with Crippen molar-refractivity contribution < 1.29 is 18.7 Å². The fraction of sp³-hybridized carbons (Fsp3) is 0.158. The Morgan fingerprint density at radius 1 is 0.962 bits per heavy atom. The Balaban J connectivity index is 1.42. The summed E-state index contributed by atoms with van der Waals surface area (Å²) in [7, 11) is 0. The summed E-state index contributed by atoms with van der Waals surface area (Å²) < 4.78 is 10.5. The average molecular weight is 351 g/mol. The third-order valence-corrected chi connectivity index (χ3v) is 3.48. The minimum Gasteiger partial charge on any atom is -0.454 e. The van der Waals surface area contributed by atoms with E-state index in [-0.39, 0.29) is 31.4 Å². The molecule has 0 aliphatic heterocycles. The van der Waals surface area contributed by atoms with Crippen LogP contribution in [-0.2, 0) is 27.4 Å². The maximum atomic E-state index is 11.8. The molecule has 1 aromatic heterocycles. The van der Waals surface area contributed by atoms with Gasteiger partial charge in [-0.15, -0.1) is 10.2 Å². The molecule has 26 heavy (non-hydrogen) atoms. The summed E-state index contributed by atoms with van der Waals surface area (Å²) in [5.74, 6) is -0.288. The topological polar surface area (TPSA) is 94.3 Å². The normalized spacial score (nSPS) is 10.3. The van der Waals surface area contributed by atoms with E-state index < -0.39 is 5.97 Å². The molecule has 3 rings (SSSR count). The fourth-order valence-electron chi connectivity index (χ4n) is 2.22. The number of rotatable bonds is 7. The van der Waals surface area contributed by atoms with E-state index in [0.717, 1.165) is 11.1 Å². The Morgan fingerprint density at radius 2 is 1.65 bits per heavy atom. The number of esters is 1. The van der Waals surface area contributed by atoms with Crippen molar-refractivity contribution in [3.63, 3.8) is 0 Å². The molecule has 0 aliphatic rings. The van der Waals surface area contributed by atoms with Crippen LogP contribution in [0.4, 0.5) is 0 Å². The van der Waals surface area contributed by atoms with Gasteiger partial charge < -0.3 is 14.5 Å². The lowest BCUT2D eigenvalue weighted by atomic mass is 10.1. The second-order valence-corrected chi connectivity index (χ2v) is 5.47. The van der Waals surface area contributed by atoms with Gasteiger partial charge in [-0.2, -0.15) is 0 Å². The van der Waals surface area contributed by atoms with Crippen LogP contribution in [-0.4, -0.2) is 28.6 Å². The van der Waals surface area contributed by atoms with E-state index >= 15 is 0 Å². The number of benzene rings is 2. The highest BCUT2D eigenvalue weighted by atomic mass is 16.5. The van der Waals surface area contributed by atoms with Crippen LogP contribution in [0.1, 0.15) is 11.5 Å². The second kappa shape index (κ2) is 8.57. The summed E-state index contributed by atoms with van der Waals surface area (Å²) in [6.07, 6.45) is 0.207. The van der Waals surface area contributed by atoms with Crippen LogP contribution in [0.2, 0.25) is 0 Å². The third-order valence-electron chi connectivity index (χ3n) is 3.48. The molecule has 7 nitrogen and oxygen atoms in total. The Labute approximate surface area is 150 Å². The minimum absolute atomic E-state index is 0.146. The van der Waals surface area contributed by atoms with E-state index in [1.807, 2.05) is 60.7 Å². The Kier molecular flexibility index (Phi) is 5.72. The number of carbonyl (C=O) groups excluding carboxylic acids is 2. The summed E-state index contributed by atoms with van der Waals surface area (Å²) >= 11 is 0. The molecule has 1 heterocycles. The molecule has 0 saturated heterocycles. The van der Waals surface area contributed by atoms with Gasteiger partial charge in [0, 0.05) is 5.56 Å². The van der Waals surface area contributed by atoms with Crippen molar-refractivity contribution in [1.82, 2.24) is 15.5 Å². The van der Waals surface area contributed by atoms with Crippen molar-refractivity contribution in [3.8, 4) is 11.5 Å². The van der Waals surface area contributed by atoms with Crippen molar-refractivity contribution >= 4 is 11.9 Å². The van der Waals surface area contributed by atoms with Crippen molar-refractivity contribution in [1.29, 1.82) is 0 Å². The van der Waals surface area contributed by atoms with E-state index in [1.54, 1.807) is 0 Å². The van der Waals surface area contributed by atoms with Crippen LogP contribution in [0.3, 0.4) is 0 Å². The molecule has 0 bridgehead atoms. The van der Waals surface area contributed by atoms with Crippen molar-refractivity contribution in [2.24, 2.45) is 0 Å². The molecule has 2 aromatic carbocycles. The number of amides is 1. The highest BCUT2D eigenvalue weighted by Crippen LogP contribution is 2.17. The summed E-state index contributed by atoms with van der Waals surface area (Å²) in [5, 5.41) is 10.3. The van der Waals surface area contributed by atoms with Crippen molar-refractivity contribution in [2.75, 3.05) is 6.54 Å². The summed E-state index contributed by atoms with van der Waals surface area (Å²) in [5.41, 5.74) is 1.66. The van der Waals surface area contributed by atoms with E-state index in [2.05, 4.69) is 15.5 Å². The zero-order chi connectivity index (χ0) is 18.2. The van der Waals surface area contributed by atoms with E-state index in [0.29, 0.717) is 5.89 Å². The standard InChI is InChI=1S/C19H17N3O4/c23-16(11-14-7-3-1-4-8-14)20-12-18(24)25-13-17-21-22-19(26-17)15-9-5-2-6-10-15/h1-10H,11-13H2,(H,20,23). The van der Waals surface area contributed by atoms with Crippen molar-refractivity contribution in [2.45, 2.75) is 13.0 Å². The molecule has 0 aliphatic carbocycles. The molecule has 132 valence electrons. The SMILES string of the molecule is O=C(Cc1ccccc1)NCC(=O)OCc1nnc(-c2ccccc2)o1. The molecule has 1 N–H and O–H groups in total. The number of ether oxygens (including phenoxy) is 1. The van der Waals surface area contributed by atoms with Gasteiger partial charge in [-0.05, 0) is 17.7 Å². The second-order valence-electron chi connectivity index (χ2n) is 5.47. The quantitative estimate of drug-likeness (QED) is 0.656. The number of nitrogens with one attached hydrogen (secondary N) is 1. The van der Waals surface area contributed by atoms with Gasteiger partial charge in [0.05, 0.1) is 6.42 Å². The summed E-state index contributed by atoms with van der Waals surface area (Å²) in [6.45, 7) is -0.363. The number of hydrogen-bond donors (Lipinski definition) is 1. The van der Waals surface area contributed by atoms with Gasteiger partial charge in [0.15, 0.2) is 6.61 Å². The lowest BCUT2D eigenvalue weighted by Gasteiger charge is -2.05. The van der Waals surface area contributed by atoms with Gasteiger partial charge in [0.25, 0.3) is 5.89 Å². The molecule has 1 amide bonds. The molecule has 0 fully saturated rings. The third kappa shape index (κ3) is 5.01. The molecular weight excluding hydrogens is 334 g/mol. The molecule has 0 spiro atoms. The average Bonchev–Trinajstić information content (AvgIpc) is 3.15. The molecule has 7 heteroatoms. The molecule has 0 atom stereocenters. The van der Waals surface area contributed by atoms with E-state index in [4.69, 9.17) is 9.15 Å². The molecular formula is C19H17N3O4. The van der Waals surface area contributed by atoms with Crippen molar-refractivity contribution in [3.05, 3.63) is 72.1 Å². The Hall–Kier alpha value is -3.48. The lowest BCUT2D eigenvalue weighted by Crippen LogP contribution is -2.31. The number of carbonyl (C=O) groups is 2. The minimum atomic E-state index is -0.578. The van der Waals surface area contributed by atoms with Crippen LogP contribution in [0.15, 0.2) is 65.1 Å². The zero-order valence-corrected chi connectivity index (χ0v) is 13.9. The lowest BCUT2D eigenvalue weighted by molar-refractivity contribution is -0.145. The number of aromatic nitrogens is 2. The highest BCUT2D eigenvalue weighted by molar-refractivity contribution is 5.83. The number of nitrogens with zero attached hydrogens (tertiary/aromatic N) is 2. The fourth-order valence-corrected chi connectivity index (χ4v) is 2.22. The summed E-state index contributed by atoms with van der Waals surface area (Å²) in [6, 6.07) is 18.5. The molecule has 3 aromatic rings. The smallest absolute Gasteiger partial charge is 0.325 e. The van der Waals surface area contributed by atoms with Gasteiger partial charge >= 0.3 is 5.97 Å². The first-order valence-corrected chi connectivity index (χ1v) is 8.05. The van der Waals surface area contributed by atoms with Crippen LogP contribution in [0, 0.1) is 0 Å². The van der Waals surface area contributed by atoms with Gasteiger partial charge in [-0.1, -0.05) is 48.5 Å². The predicted molar refractivity (Wildman–Crippen MR) is 92.7 cm³/mol. The first kappa shape index (κ1) is 17.3. The van der Waals surface area contributed by atoms with E-state index in [9.17, 15) is 9.59 Å². The van der Waals surface area contributed by atoms with Crippen LogP contribution >= 0.6 is 0 Å². The van der Waals surface area contributed by atoms with Gasteiger partial charge in [-0.3, -0.25) is 9.59 Å². The molecule has 0 unspecified atom stereocenters. The van der Waals surface area contributed by atoms with Crippen LogP contribution < -0.4 is 5.32 Å². The van der Waals surface area contributed by atoms with Gasteiger partial charge in [0.1, 0.15) is 6.54 Å². The van der Waals surface area contributed by atoms with Crippen LogP contribution in [0.5, 0.6) is 0 Å². The Bertz CT molecular complexity index is 863.